The molecule has 0 unspecified atom stereocenters. The number of rotatable bonds is 3. The van der Waals surface area contributed by atoms with Gasteiger partial charge < -0.3 is 9.72 Å². The lowest BCUT2D eigenvalue weighted by molar-refractivity contribution is -0.383. The van der Waals surface area contributed by atoms with Crippen LogP contribution >= 0.6 is 0 Å². The van der Waals surface area contributed by atoms with Crippen LogP contribution < -0.4 is 4.74 Å². The first kappa shape index (κ1) is 9.20. The molecule has 0 saturated heterocycles. The van der Waals surface area contributed by atoms with Crippen molar-refractivity contribution >= 4 is 23.1 Å². The molecule has 76 valence electrons. The number of aromatic nitrogens is 1. The molecule has 0 atom stereocenters. The second-order valence-electron chi connectivity index (χ2n) is 2.82. The molecule has 0 aliphatic rings. The fourth-order valence-electron chi connectivity index (χ4n) is 1.43. The summed E-state index contributed by atoms with van der Waals surface area (Å²) in [6.07, 6.45) is 1.59. The van der Waals surface area contributed by atoms with Gasteiger partial charge in [0, 0.05) is 6.20 Å². The minimum Gasteiger partial charge on any atom is -0.421 e. The summed E-state index contributed by atoms with van der Waals surface area (Å²) in [7, 11) is 0. The number of nitro groups is 1. The first-order valence-corrected chi connectivity index (χ1v) is 4.09. The number of nitrogens with one attached hydrogen (secondary N) is 1. The van der Waals surface area contributed by atoms with E-state index in [1.807, 2.05) is 0 Å². The van der Waals surface area contributed by atoms with Crippen LogP contribution in [0.5, 0.6) is 5.75 Å². The lowest BCUT2D eigenvalue weighted by atomic mass is 10.2. The van der Waals surface area contributed by atoms with Crippen LogP contribution in [-0.2, 0) is 4.79 Å². The summed E-state index contributed by atoms with van der Waals surface area (Å²) >= 11 is 0. The molecule has 0 aliphatic carbocycles. The molecule has 0 aliphatic heterocycles. The summed E-state index contributed by atoms with van der Waals surface area (Å²) in [5.41, 5.74) is 0.417. The van der Waals surface area contributed by atoms with Crippen LogP contribution in [0.2, 0.25) is 0 Å². The molecule has 2 rings (SSSR count). The average Bonchev–Trinajstić information content (AvgIpc) is 2.64. The molecule has 1 N–H and O–H groups in total. The third-order valence-corrected chi connectivity index (χ3v) is 2.03. The van der Waals surface area contributed by atoms with Crippen molar-refractivity contribution in [2.45, 2.75) is 0 Å². The summed E-state index contributed by atoms with van der Waals surface area (Å²) in [5, 5.41) is 11.2. The van der Waals surface area contributed by atoms with Crippen LogP contribution in [0, 0.1) is 10.1 Å². The van der Waals surface area contributed by atoms with Crippen LogP contribution in [0.4, 0.5) is 5.69 Å². The monoisotopic (exact) mass is 206 g/mol. The number of aromatic amines is 1. The number of ether oxygens (including phenoxy) is 1. The van der Waals surface area contributed by atoms with E-state index in [-0.39, 0.29) is 17.9 Å². The SMILES string of the molecule is O=COc1ccc2[nH]ccc2c1[N+](=O)[O-]. The molecule has 1 heterocycles. The van der Waals surface area contributed by atoms with Gasteiger partial charge in [-0.15, -0.1) is 0 Å². The highest BCUT2D eigenvalue weighted by Gasteiger charge is 2.20. The molecule has 2 aromatic rings. The zero-order valence-corrected chi connectivity index (χ0v) is 7.47. The van der Waals surface area contributed by atoms with Crippen LogP contribution in [0.25, 0.3) is 10.9 Å². The fraction of sp³-hybridized carbons (Fsp3) is 0. The lowest BCUT2D eigenvalue weighted by Gasteiger charge is -2.00. The number of carbonyl (C=O) groups is 1. The van der Waals surface area contributed by atoms with Gasteiger partial charge in [-0.3, -0.25) is 14.9 Å². The van der Waals surface area contributed by atoms with Gasteiger partial charge in [-0.1, -0.05) is 0 Å². The van der Waals surface area contributed by atoms with Gasteiger partial charge in [0.05, 0.1) is 15.8 Å². The Hall–Kier alpha value is -2.37. The molecule has 0 saturated carbocycles. The fourth-order valence-corrected chi connectivity index (χ4v) is 1.43. The highest BCUT2D eigenvalue weighted by molar-refractivity contribution is 5.91. The van der Waals surface area contributed by atoms with E-state index < -0.39 is 4.92 Å². The van der Waals surface area contributed by atoms with Crippen molar-refractivity contribution in [2.75, 3.05) is 0 Å². The maximum atomic E-state index is 10.8. The van der Waals surface area contributed by atoms with Gasteiger partial charge in [0.15, 0.2) is 0 Å². The van der Waals surface area contributed by atoms with E-state index in [0.29, 0.717) is 10.9 Å². The number of H-pyrrole nitrogens is 1. The predicted molar refractivity (Wildman–Crippen MR) is 51.6 cm³/mol. The number of nitrogens with zero attached hydrogens (tertiary/aromatic N) is 1. The summed E-state index contributed by atoms with van der Waals surface area (Å²) in [5.74, 6) is -0.0536. The van der Waals surface area contributed by atoms with E-state index in [0.717, 1.165) is 0 Å². The van der Waals surface area contributed by atoms with Crippen molar-refractivity contribution in [2.24, 2.45) is 0 Å². The largest absolute Gasteiger partial charge is 0.421 e. The maximum absolute atomic E-state index is 10.8. The Bertz CT molecular complexity index is 532. The molecule has 15 heavy (non-hydrogen) atoms. The van der Waals surface area contributed by atoms with Gasteiger partial charge in [0.2, 0.25) is 5.75 Å². The van der Waals surface area contributed by atoms with Gasteiger partial charge in [0.1, 0.15) is 0 Å². The zero-order chi connectivity index (χ0) is 10.8. The highest BCUT2D eigenvalue weighted by Crippen LogP contribution is 2.34. The Morgan fingerprint density at radius 2 is 2.20 bits per heavy atom. The van der Waals surface area contributed by atoms with E-state index in [1.54, 1.807) is 18.3 Å². The maximum Gasteiger partial charge on any atom is 0.320 e. The second-order valence-corrected chi connectivity index (χ2v) is 2.82. The lowest BCUT2D eigenvalue weighted by Crippen LogP contribution is -1.96. The van der Waals surface area contributed by atoms with Gasteiger partial charge in [-0.25, -0.2) is 0 Å². The number of fused-ring (bicyclic) bond motifs is 1. The smallest absolute Gasteiger partial charge is 0.320 e. The summed E-state index contributed by atoms with van der Waals surface area (Å²) in [6, 6.07) is 4.55. The quantitative estimate of drug-likeness (QED) is 0.469. The second kappa shape index (κ2) is 3.41. The molecule has 0 amide bonds. The number of hydrogen-bond acceptors (Lipinski definition) is 4. The first-order chi connectivity index (χ1) is 7.24. The topological polar surface area (TPSA) is 85.2 Å². The molecule has 0 bridgehead atoms. The predicted octanol–water partition coefficient (Wildman–Crippen LogP) is 1.61. The molecule has 0 fully saturated rings. The van der Waals surface area contributed by atoms with Gasteiger partial charge in [-0.2, -0.15) is 0 Å². The van der Waals surface area contributed by atoms with Crippen molar-refractivity contribution in [3.05, 3.63) is 34.5 Å². The Balaban J connectivity index is 2.74. The van der Waals surface area contributed by atoms with Crippen LogP contribution in [0.15, 0.2) is 24.4 Å². The number of hydrogen-bond donors (Lipinski definition) is 1. The van der Waals surface area contributed by atoms with Crippen molar-refractivity contribution in [3.63, 3.8) is 0 Å². The average molecular weight is 206 g/mol. The Labute approximate surface area is 83.6 Å². The van der Waals surface area contributed by atoms with Gasteiger partial charge >= 0.3 is 5.69 Å². The van der Waals surface area contributed by atoms with Crippen LogP contribution in [-0.4, -0.2) is 16.4 Å². The molecular formula is C9H6N2O4. The first-order valence-electron chi connectivity index (χ1n) is 4.09. The Morgan fingerprint density at radius 1 is 1.40 bits per heavy atom. The molecule has 1 aromatic heterocycles. The number of carbonyl (C=O) groups excluding carboxylic acids is 1. The van der Waals surface area contributed by atoms with E-state index in [2.05, 4.69) is 9.72 Å². The van der Waals surface area contributed by atoms with E-state index in [4.69, 9.17) is 0 Å². The summed E-state index contributed by atoms with van der Waals surface area (Å²) < 4.78 is 4.54. The zero-order valence-electron chi connectivity index (χ0n) is 7.47. The Morgan fingerprint density at radius 3 is 2.87 bits per heavy atom. The molecule has 0 spiro atoms. The van der Waals surface area contributed by atoms with E-state index in [1.165, 1.54) is 6.07 Å². The minimum absolute atomic E-state index is 0.0536. The molecule has 0 radical (unpaired) electrons. The van der Waals surface area contributed by atoms with Crippen molar-refractivity contribution in [1.82, 2.24) is 4.98 Å². The van der Waals surface area contributed by atoms with Gasteiger partial charge in [-0.05, 0) is 18.2 Å². The third-order valence-electron chi connectivity index (χ3n) is 2.03. The highest BCUT2D eigenvalue weighted by atomic mass is 16.6. The van der Waals surface area contributed by atoms with Crippen LogP contribution in [0.3, 0.4) is 0 Å². The van der Waals surface area contributed by atoms with Crippen LogP contribution in [0.1, 0.15) is 0 Å². The molecule has 6 heteroatoms. The third kappa shape index (κ3) is 1.41. The van der Waals surface area contributed by atoms with Crippen molar-refractivity contribution < 1.29 is 14.5 Å². The van der Waals surface area contributed by atoms with E-state index >= 15 is 0 Å². The van der Waals surface area contributed by atoms with Crippen molar-refractivity contribution in [3.8, 4) is 5.75 Å². The number of benzene rings is 1. The standard InChI is InChI=1S/C9H6N2O4/c12-5-15-8-2-1-7-6(3-4-10-7)9(8)11(13)14/h1-5,10H. The van der Waals surface area contributed by atoms with Gasteiger partial charge in [0.25, 0.3) is 6.47 Å². The summed E-state index contributed by atoms with van der Waals surface area (Å²) in [6.45, 7) is 0.167. The summed E-state index contributed by atoms with van der Waals surface area (Å²) in [4.78, 5) is 23.2. The van der Waals surface area contributed by atoms with Crippen molar-refractivity contribution in [1.29, 1.82) is 0 Å². The normalized spacial score (nSPS) is 10.1. The number of nitro benzene ring substituents is 1. The molecule has 6 nitrogen and oxygen atoms in total. The minimum atomic E-state index is -0.574. The molecule has 1 aromatic carbocycles. The Kier molecular flexibility index (Phi) is 2.09. The van der Waals surface area contributed by atoms with E-state index in [9.17, 15) is 14.9 Å². The molecular weight excluding hydrogens is 200 g/mol.